The lowest BCUT2D eigenvalue weighted by Crippen LogP contribution is -2.21. The topological polar surface area (TPSA) is 17.1 Å². The van der Waals surface area contributed by atoms with Gasteiger partial charge in [0, 0.05) is 0 Å². The van der Waals surface area contributed by atoms with E-state index in [-0.39, 0.29) is 5.78 Å². The van der Waals surface area contributed by atoms with Gasteiger partial charge in [0.05, 0.1) is 8.07 Å². The molecule has 2 bridgehead atoms. The lowest BCUT2D eigenvalue weighted by molar-refractivity contribution is -0.112. The second-order valence-electron chi connectivity index (χ2n) is 7.24. The monoisotopic (exact) mass is 248 g/mol. The molecule has 2 aliphatic carbocycles. The van der Waals surface area contributed by atoms with Crippen molar-refractivity contribution in [1.82, 2.24) is 0 Å². The van der Waals surface area contributed by atoms with Gasteiger partial charge in [-0.15, -0.1) is 0 Å². The molecule has 0 amide bonds. The number of allylic oxidation sites excluding steroid dienone is 3. The Balaban J connectivity index is 2.14. The van der Waals surface area contributed by atoms with Crippen LogP contribution in [0.4, 0.5) is 0 Å². The van der Waals surface area contributed by atoms with Crippen molar-refractivity contribution in [2.24, 2.45) is 17.3 Å². The van der Waals surface area contributed by atoms with Crippen LogP contribution in [0.1, 0.15) is 26.7 Å². The highest BCUT2D eigenvalue weighted by atomic mass is 28.3. The summed E-state index contributed by atoms with van der Waals surface area (Å²) in [5.41, 5.74) is 3.58. The molecule has 0 radical (unpaired) electrons. The van der Waals surface area contributed by atoms with Crippen molar-refractivity contribution >= 4 is 13.9 Å². The van der Waals surface area contributed by atoms with Gasteiger partial charge >= 0.3 is 0 Å². The first-order valence-corrected chi connectivity index (χ1v) is 10.2. The first-order chi connectivity index (χ1) is 7.72. The smallest absolute Gasteiger partial charge is 0.181 e. The molecule has 0 aliphatic heterocycles. The number of hydrogen-bond donors (Lipinski definition) is 0. The van der Waals surface area contributed by atoms with Crippen molar-refractivity contribution in [1.29, 1.82) is 0 Å². The van der Waals surface area contributed by atoms with Gasteiger partial charge in [-0.2, -0.15) is 0 Å². The first kappa shape index (κ1) is 12.8. The summed E-state index contributed by atoms with van der Waals surface area (Å²) in [7, 11) is -1.26. The third-order valence-electron chi connectivity index (χ3n) is 4.40. The van der Waals surface area contributed by atoms with Gasteiger partial charge in [-0.3, -0.25) is 4.79 Å². The zero-order chi connectivity index (χ0) is 12.8. The van der Waals surface area contributed by atoms with Crippen molar-refractivity contribution in [2.75, 3.05) is 0 Å². The van der Waals surface area contributed by atoms with Gasteiger partial charge in [0.2, 0.25) is 0 Å². The normalized spacial score (nSPS) is 31.0. The molecular weight excluding hydrogens is 224 g/mol. The van der Waals surface area contributed by atoms with Gasteiger partial charge in [0.1, 0.15) is 0 Å². The number of hydrogen-bond acceptors (Lipinski definition) is 1. The summed E-state index contributed by atoms with van der Waals surface area (Å²) in [4.78, 5) is 12.2. The molecule has 0 saturated heterocycles. The van der Waals surface area contributed by atoms with Gasteiger partial charge in [0.25, 0.3) is 0 Å². The van der Waals surface area contributed by atoms with Crippen LogP contribution in [-0.4, -0.2) is 13.9 Å². The average molecular weight is 248 g/mol. The molecule has 1 fully saturated rings. The Labute approximate surface area is 106 Å². The van der Waals surface area contributed by atoms with Gasteiger partial charge in [-0.25, -0.2) is 0 Å². The zero-order valence-corrected chi connectivity index (χ0v) is 12.7. The third kappa shape index (κ3) is 2.32. The Hall–Kier alpha value is -0.633. The number of carbonyl (C=O) groups excluding carboxylic acids is 1. The molecular formula is C15H24OSi. The summed E-state index contributed by atoms with van der Waals surface area (Å²) in [5.74, 6) is 1.41. The lowest BCUT2D eigenvalue weighted by Gasteiger charge is -2.25. The van der Waals surface area contributed by atoms with E-state index in [4.69, 9.17) is 0 Å². The van der Waals surface area contributed by atoms with Crippen LogP contribution in [0.3, 0.4) is 0 Å². The van der Waals surface area contributed by atoms with Gasteiger partial charge in [-0.05, 0) is 41.7 Å². The fourth-order valence-electron chi connectivity index (χ4n) is 3.21. The Morgan fingerprint density at radius 3 is 2.41 bits per heavy atom. The predicted octanol–water partition coefficient (Wildman–Crippen LogP) is 3.98. The molecule has 17 heavy (non-hydrogen) atoms. The van der Waals surface area contributed by atoms with Crippen molar-refractivity contribution in [3.63, 3.8) is 0 Å². The van der Waals surface area contributed by atoms with E-state index in [2.05, 4.69) is 45.3 Å². The second kappa shape index (κ2) is 3.94. The molecule has 0 N–H and O–H groups in total. The maximum atomic E-state index is 12.2. The minimum atomic E-state index is -1.26. The van der Waals surface area contributed by atoms with Crippen molar-refractivity contribution < 1.29 is 4.79 Å². The molecule has 0 aromatic heterocycles. The van der Waals surface area contributed by atoms with E-state index in [1.165, 1.54) is 12.8 Å². The fraction of sp³-hybridized carbons (Fsp3) is 0.667. The van der Waals surface area contributed by atoms with E-state index >= 15 is 0 Å². The van der Waals surface area contributed by atoms with Crippen molar-refractivity contribution in [3.05, 3.63) is 23.4 Å². The summed E-state index contributed by atoms with van der Waals surface area (Å²) < 4.78 is 0. The number of rotatable bonds is 3. The molecule has 2 rings (SSSR count). The first-order valence-electron chi connectivity index (χ1n) is 6.67. The van der Waals surface area contributed by atoms with Crippen LogP contribution in [0.5, 0.6) is 0 Å². The molecule has 0 aromatic rings. The van der Waals surface area contributed by atoms with Crippen LogP contribution in [0.25, 0.3) is 0 Å². The van der Waals surface area contributed by atoms with Gasteiger partial charge in [0.15, 0.2) is 5.78 Å². The maximum Gasteiger partial charge on any atom is 0.181 e. The van der Waals surface area contributed by atoms with Gasteiger partial charge < -0.3 is 0 Å². The molecule has 1 nitrogen and oxygen atoms in total. The van der Waals surface area contributed by atoms with Crippen LogP contribution in [0, 0.1) is 17.3 Å². The molecule has 2 aliphatic rings. The molecule has 0 spiro atoms. The van der Waals surface area contributed by atoms with E-state index in [1.807, 2.05) is 6.08 Å². The lowest BCUT2D eigenvalue weighted by atomic mass is 9.79. The summed E-state index contributed by atoms with van der Waals surface area (Å²) >= 11 is 0. The highest BCUT2D eigenvalue weighted by Crippen LogP contribution is 2.56. The summed E-state index contributed by atoms with van der Waals surface area (Å²) in [6.45, 7) is 11.4. The Bertz CT molecular complexity index is 396. The maximum absolute atomic E-state index is 12.2. The van der Waals surface area contributed by atoms with Crippen LogP contribution in [0.2, 0.25) is 19.6 Å². The number of ketones is 1. The van der Waals surface area contributed by atoms with Crippen LogP contribution in [0.15, 0.2) is 23.4 Å². The van der Waals surface area contributed by atoms with E-state index in [0.29, 0.717) is 17.3 Å². The van der Waals surface area contributed by atoms with E-state index in [9.17, 15) is 4.79 Å². The largest absolute Gasteiger partial charge is 0.290 e. The number of fused-ring (bicyclic) bond motifs is 2. The molecule has 0 heterocycles. The van der Waals surface area contributed by atoms with Crippen molar-refractivity contribution in [3.8, 4) is 0 Å². The summed E-state index contributed by atoms with van der Waals surface area (Å²) in [6, 6.07) is 0. The highest BCUT2D eigenvalue weighted by molar-refractivity contribution is 6.81. The Morgan fingerprint density at radius 1 is 1.35 bits per heavy atom. The van der Waals surface area contributed by atoms with Gasteiger partial charge in [-0.1, -0.05) is 45.3 Å². The predicted molar refractivity (Wildman–Crippen MR) is 75.6 cm³/mol. The standard InChI is InChI=1S/C15H24OSi/c1-15(2)11-6-7-13(15)12(10-11)14(16)8-9-17(3,4)5/h8-11,13H,6-7H2,1-5H3/b9-8+/t11-,13+/m1/s1. The quantitative estimate of drug-likeness (QED) is 0.545. The Kier molecular flexibility index (Phi) is 2.97. The van der Waals surface area contributed by atoms with E-state index in [1.54, 1.807) is 0 Å². The third-order valence-corrected chi connectivity index (χ3v) is 5.56. The zero-order valence-electron chi connectivity index (χ0n) is 11.7. The fourth-order valence-corrected chi connectivity index (χ4v) is 3.86. The SMILES string of the molecule is CC1(C)[C@H]2C=C(C(=O)/C=C/[Si](C)(C)C)[C@@H]1CC2. The van der Waals surface area contributed by atoms with E-state index in [0.717, 1.165) is 5.57 Å². The summed E-state index contributed by atoms with van der Waals surface area (Å²) in [5, 5.41) is 0. The molecule has 0 unspecified atom stereocenters. The molecule has 94 valence electrons. The highest BCUT2D eigenvalue weighted by Gasteiger charge is 2.49. The molecule has 1 saturated carbocycles. The summed E-state index contributed by atoms with van der Waals surface area (Å²) in [6.07, 6.45) is 6.57. The number of carbonyl (C=O) groups is 1. The van der Waals surface area contributed by atoms with Crippen LogP contribution in [-0.2, 0) is 4.79 Å². The van der Waals surface area contributed by atoms with E-state index < -0.39 is 8.07 Å². The average Bonchev–Trinajstić information content (AvgIpc) is 2.63. The molecule has 2 atom stereocenters. The minimum absolute atomic E-state index is 0.271. The second-order valence-corrected chi connectivity index (χ2v) is 12.3. The molecule has 0 aromatic carbocycles. The minimum Gasteiger partial charge on any atom is -0.290 e. The van der Waals surface area contributed by atoms with Crippen LogP contribution < -0.4 is 0 Å². The van der Waals surface area contributed by atoms with Crippen LogP contribution >= 0.6 is 0 Å². The molecule has 2 heteroatoms. The van der Waals surface area contributed by atoms with Crippen molar-refractivity contribution in [2.45, 2.75) is 46.3 Å². The Morgan fingerprint density at radius 2 is 2.00 bits per heavy atom.